The Morgan fingerprint density at radius 3 is 2.53 bits per heavy atom. The molecule has 0 fully saturated rings. The van der Waals surface area contributed by atoms with Gasteiger partial charge >= 0.3 is 0 Å². The summed E-state index contributed by atoms with van der Waals surface area (Å²) in [6.07, 6.45) is -0.123. The van der Waals surface area contributed by atoms with Gasteiger partial charge in [-0.3, -0.25) is 0 Å². The van der Waals surface area contributed by atoms with Gasteiger partial charge in [0.2, 0.25) is 0 Å². The van der Waals surface area contributed by atoms with Crippen molar-refractivity contribution in [3.8, 4) is 0 Å². The van der Waals surface area contributed by atoms with E-state index < -0.39 is 11.7 Å². The second-order valence-electron chi connectivity index (χ2n) is 5.50. The second kappa shape index (κ2) is 6.91. The number of aliphatic hydroxyl groups is 2. The Hall–Kier alpha value is -0.320. The molecule has 0 saturated carbocycles. The van der Waals surface area contributed by atoms with Crippen LogP contribution in [-0.2, 0) is 0 Å². The molecule has 0 aliphatic rings. The number of halogens is 2. The van der Waals surface area contributed by atoms with Crippen LogP contribution in [0.4, 0.5) is 0 Å². The lowest BCUT2D eigenvalue weighted by atomic mass is 10.1. The molecule has 5 heteroatoms. The summed E-state index contributed by atoms with van der Waals surface area (Å²) >= 11 is 12.0. The molecule has 0 saturated heterocycles. The van der Waals surface area contributed by atoms with Crippen LogP contribution in [0.15, 0.2) is 18.2 Å². The number of aliphatic hydroxyl groups excluding tert-OH is 1. The van der Waals surface area contributed by atoms with E-state index in [-0.39, 0.29) is 0 Å². The van der Waals surface area contributed by atoms with E-state index in [0.717, 1.165) is 0 Å². The fraction of sp³-hybridized carbons (Fsp3) is 0.571. The summed E-state index contributed by atoms with van der Waals surface area (Å²) in [6.45, 7) is 4.72. The van der Waals surface area contributed by atoms with Crippen LogP contribution in [0.2, 0.25) is 10.0 Å². The minimum absolute atomic E-state index is 0.404. The van der Waals surface area contributed by atoms with Gasteiger partial charge < -0.3 is 15.1 Å². The van der Waals surface area contributed by atoms with Crippen molar-refractivity contribution in [2.75, 3.05) is 20.1 Å². The smallest absolute Gasteiger partial charge is 0.0817 e. The minimum Gasteiger partial charge on any atom is -0.389 e. The number of benzene rings is 1. The molecule has 1 unspecified atom stereocenters. The van der Waals surface area contributed by atoms with Gasteiger partial charge in [-0.1, -0.05) is 35.3 Å². The molecule has 0 radical (unpaired) electrons. The third-order valence-corrected chi connectivity index (χ3v) is 3.62. The van der Waals surface area contributed by atoms with Gasteiger partial charge in [-0.05, 0) is 33.4 Å². The molecule has 0 bridgehead atoms. The largest absolute Gasteiger partial charge is 0.389 e. The van der Waals surface area contributed by atoms with Crippen LogP contribution in [0.25, 0.3) is 0 Å². The molecule has 0 aromatic heterocycles. The summed E-state index contributed by atoms with van der Waals surface area (Å²) in [5.74, 6) is 0. The van der Waals surface area contributed by atoms with E-state index in [1.54, 1.807) is 32.0 Å². The monoisotopic (exact) mass is 305 g/mol. The molecule has 1 aromatic rings. The molecule has 108 valence electrons. The van der Waals surface area contributed by atoms with E-state index in [1.807, 2.05) is 11.9 Å². The van der Waals surface area contributed by atoms with Gasteiger partial charge in [0.1, 0.15) is 0 Å². The highest BCUT2D eigenvalue weighted by Gasteiger charge is 2.18. The standard InChI is InChI=1S/C14H21Cl2NO2/c1-14(2,19)9-17(3)8-7-12(18)10-5-4-6-11(15)13(10)16/h4-6,12,18-19H,7-9H2,1-3H3. The average molecular weight is 306 g/mol. The summed E-state index contributed by atoms with van der Waals surface area (Å²) in [6, 6.07) is 5.24. The van der Waals surface area contributed by atoms with Crippen LogP contribution in [0.1, 0.15) is 31.9 Å². The highest BCUT2D eigenvalue weighted by molar-refractivity contribution is 6.42. The molecule has 0 spiro atoms. The first-order chi connectivity index (χ1) is 8.70. The predicted molar refractivity (Wildman–Crippen MR) is 79.8 cm³/mol. The maximum Gasteiger partial charge on any atom is 0.0817 e. The summed E-state index contributed by atoms with van der Waals surface area (Å²) in [5.41, 5.74) is -0.0984. The lowest BCUT2D eigenvalue weighted by Crippen LogP contribution is -2.37. The van der Waals surface area contributed by atoms with Gasteiger partial charge in [-0.2, -0.15) is 0 Å². The van der Waals surface area contributed by atoms with E-state index in [2.05, 4.69) is 0 Å². The Balaban J connectivity index is 2.56. The molecule has 1 rings (SSSR count). The molecule has 0 heterocycles. The third kappa shape index (κ3) is 5.67. The number of hydrogen-bond donors (Lipinski definition) is 2. The Bertz CT molecular complexity index is 418. The van der Waals surface area contributed by atoms with Crippen LogP contribution in [0, 0.1) is 0 Å². The Morgan fingerprint density at radius 1 is 1.32 bits per heavy atom. The molecule has 1 aromatic carbocycles. The van der Waals surface area contributed by atoms with Gasteiger partial charge in [0.25, 0.3) is 0 Å². The first kappa shape index (κ1) is 16.7. The molecular formula is C14H21Cl2NO2. The fourth-order valence-corrected chi connectivity index (χ4v) is 2.45. The average Bonchev–Trinajstić information content (AvgIpc) is 2.27. The first-order valence-corrected chi connectivity index (χ1v) is 6.99. The lowest BCUT2D eigenvalue weighted by molar-refractivity contribution is 0.0393. The quantitative estimate of drug-likeness (QED) is 0.848. The normalized spacial score (nSPS) is 13.9. The van der Waals surface area contributed by atoms with E-state index >= 15 is 0 Å². The van der Waals surface area contributed by atoms with Crippen molar-refractivity contribution in [2.45, 2.75) is 32.0 Å². The molecule has 2 N–H and O–H groups in total. The maximum atomic E-state index is 10.1. The van der Waals surface area contributed by atoms with Crippen LogP contribution in [0.5, 0.6) is 0 Å². The topological polar surface area (TPSA) is 43.7 Å². The van der Waals surface area contributed by atoms with Gasteiger partial charge in [-0.25, -0.2) is 0 Å². The van der Waals surface area contributed by atoms with Gasteiger partial charge in [0.05, 0.1) is 21.8 Å². The van der Waals surface area contributed by atoms with Crippen LogP contribution < -0.4 is 0 Å². The number of hydrogen-bond acceptors (Lipinski definition) is 3. The summed E-state index contributed by atoms with van der Waals surface area (Å²) in [4.78, 5) is 1.97. The second-order valence-corrected chi connectivity index (χ2v) is 6.28. The third-order valence-electron chi connectivity index (χ3n) is 2.78. The highest BCUT2D eigenvalue weighted by Crippen LogP contribution is 2.31. The summed E-state index contributed by atoms with van der Waals surface area (Å²) < 4.78 is 0. The molecule has 0 aliphatic heterocycles. The number of rotatable bonds is 6. The number of nitrogens with zero attached hydrogens (tertiary/aromatic N) is 1. The SMILES string of the molecule is CN(CCC(O)c1cccc(Cl)c1Cl)CC(C)(C)O. The lowest BCUT2D eigenvalue weighted by Gasteiger charge is -2.26. The Morgan fingerprint density at radius 2 is 1.95 bits per heavy atom. The predicted octanol–water partition coefficient (Wildman–Crippen LogP) is 3.12. The zero-order valence-electron chi connectivity index (χ0n) is 11.5. The van der Waals surface area contributed by atoms with Crippen LogP contribution >= 0.6 is 23.2 Å². The van der Waals surface area contributed by atoms with Gasteiger partial charge in [-0.15, -0.1) is 0 Å². The van der Waals surface area contributed by atoms with Crippen molar-refractivity contribution >= 4 is 23.2 Å². The van der Waals surface area contributed by atoms with E-state index in [4.69, 9.17) is 23.2 Å². The van der Waals surface area contributed by atoms with E-state index in [9.17, 15) is 10.2 Å². The molecule has 1 atom stereocenters. The zero-order valence-corrected chi connectivity index (χ0v) is 13.0. The van der Waals surface area contributed by atoms with E-state index in [1.165, 1.54) is 0 Å². The minimum atomic E-state index is -0.743. The van der Waals surface area contributed by atoms with Gasteiger partial charge in [0.15, 0.2) is 0 Å². The van der Waals surface area contributed by atoms with Crippen LogP contribution in [-0.4, -0.2) is 40.9 Å². The first-order valence-electron chi connectivity index (χ1n) is 6.23. The molecule has 19 heavy (non-hydrogen) atoms. The van der Waals surface area contributed by atoms with Crippen LogP contribution in [0.3, 0.4) is 0 Å². The van der Waals surface area contributed by atoms with Crippen molar-refractivity contribution in [3.63, 3.8) is 0 Å². The van der Waals surface area contributed by atoms with Crippen molar-refractivity contribution in [1.29, 1.82) is 0 Å². The van der Waals surface area contributed by atoms with Crippen molar-refractivity contribution in [1.82, 2.24) is 4.90 Å². The van der Waals surface area contributed by atoms with E-state index in [0.29, 0.717) is 35.1 Å². The summed E-state index contributed by atoms with van der Waals surface area (Å²) in [5, 5.41) is 20.7. The highest BCUT2D eigenvalue weighted by atomic mass is 35.5. The van der Waals surface area contributed by atoms with Crippen molar-refractivity contribution < 1.29 is 10.2 Å². The Kier molecular flexibility index (Phi) is 6.09. The molecule has 3 nitrogen and oxygen atoms in total. The molecule has 0 aliphatic carbocycles. The molecule has 0 amide bonds. The Labute approximate surface area is 124 Å². The number of likely N-dealkylation sites (N-methyl/N-ethyl adjacent to an activating group) is 1. The fourth-order valence-electron chi connectivity index (χ4n) is 2.02. The molecular weight excluding hydrogens is 285 g/mol. The van der Waals surface area contributed by atoms with Crippen molar-refractivity contribution in [3.05, 3.63) is 33.8 Å². The summed E-state index contributed by atoms with van der Waals surface area (Å²) in [7, 11) is 1.91. The zero-order chi connectivity index (χ0) is 14.6. The van der Waals surface area contributed by atoms with Gasteiger partial charge in [0, 0.05) is 18.7 Å². The maximum absolute atomic E-state index is 10.1. The van der Waals surface area contributed by atoms with Crippen molar-refractivity contribution in [2.24, 2.45) is 0 Å².